The van der Waals surface area contributed by atoms with E-state index in [1.54, 1.807) is 0 Å². The van der Waals surface area contributed by atoms with Crippen LogP contribution in [0.15, 0.2) is 66.9 Å². The van der Waals surface area contributed by atoms with E-state index in [9.17, 15) is 0 Å². The molecule has 2 heteroatoms. The van der Waals surface area contributed by atoms with Crippen molar-refractivity contribution in [1.29, 1.82) is 0 Å². The molecule has 0 aliphatic heterocycles. The average Bonchev–Trinajstić information content (AvgIpc) is 2.48. The number of fused-ring (bicyclic) bond motifs is 1. The van der Waals surface area contributed by atoms with Crippen LogP contribution < -0.4 is 5.73 Å². The Morgan fingerprint density at radius 1 is 0.895 bits per heavy atom. The van der Waals surface area contributed by atoms with Crippen LogP contribution in [-0.4, -0.2) is 4.98 Å². The second-order valence-corrected chi connectivity index (χ2v) is 4.70. The number of nitrogens with zero attached hydrogens (tertiary/aromatic N) is 1. The van der Waals surface area contributed by atoms with E-state index in [0.29, 0.717) is 0 Å². The van der Waals surface area contributed by atoms with Gasteiger partial charge in [-0.2, -0.15) is 0 Å². The monoisotopic (exact) mass is 248 g/mol. The molecule has 2 nitrogen and oxygen atoms in total. The molecule has 0 fully saturated rings. The van der Waals surface area contributed by atoms with Crippen LogP contribution in [0.2, 0.25) is 0 Å². The van der Waals surface area contributed by atoms with Crippen molar-refractivity contribution in [3.8, 4) is 0 Å². The SMILES string of the molecule is NC(Cc1nccc2ccccc12)c1ccccc1. The van der Waals surface area contributed by atoms with Crippen LogP contribution in [0.25, 0.3) is 10.8 Å². The molecule has 3 rings (SSSR count). The van der Waals surface area contributed by atoms with E-state index in [-0.39, 0.29) is 6.04 Å². The predicted octanol–water partition coefficient (Wildman–Crippen LogP) is 3.48. The van der Waals surface area contributed by atoms with E-state index in [0.717, 1.165) is 17.7 Å². The molecule has 1 heterocycles. The first-order chi connectivity index (χ1) is 9.34. The second kappa shape index (κ2) is 5.21. The van der Waals surface area contributed by atoms with E-state index >= 15 is 0 Å². The van der Waals surface area contributed by atoms with Gasteiger partial charge in [-0.25, -0.2) is 0 Å². The minimum Gasteiger partial charge on any atom is -0.324 e. The van der Waals surface area contributed by atoms with Crippen LogP contribution in [-0.2, 0) is 6.42 Å². The maximum absolute atomic E-state index is 6.28. The lowest BCUT2D eigenvalue weighted by Crippen LogP contribution is -2.14. The van der Waals surface area contributed by atoms with Crippen LogP contribution in [0.5, 0.6) is 0 Å². The van der Waals surface area contributed by atoms with Gasteiger partial charge >= 0.3 is 0 Å². The van der Waals surface area contributed by atoms with Crippen molar-refractivity contribution in [3.05, 3.63) is 78.1 Å². The quantitative estimate of drug-likeness (QED) is 0.770. The standard InChI is InChI=1S/C17H16N2/c18-16(14-7-2-1-3-8-14)12-17-15-9-5-4-6-13(15)10-11-19-17/h1-11,16H,12,18H2. The van der Waals surface area contributed by atoms with Gasteiger partial charge in [0.2, 0.25) is 0 Å². The zero-order valence-electron chi connectivity index (χ0n) is 10.7. The lowest BCUT2D eigenvalue weighted by atomic mass is 10.00. The molecule has 0 bridgehead atoms. The first-order valence-electron chi connectivity index (χ1n) is 6.48. The molecule has 0 spiro atoms. The summed E-state index contributed by atoms with van der Waals surface area (Å²) < 4.78 is 0. The highest BCUT2D eigenvalue weighted by Gasteiger charge is 2.09. The summed E-state index contributed by atoms with van der Waals surface area (Å²) >= 11 is 0. The molecule has 0 saturated carbocycles. The van der Waals surface area contributed by atoms with E-state index in [1.807, 2.05) is 42.6 Å². The normalized spacial score (nSPS) is 12.5. The van der Waals surface area contributed by atoms with Crippen molar-refractivity contribution in [3.63, 3.8) is 0 Å². The first kappa shape index (κ1) is 11.9. The maximum Gasteiger partial charge on any atom is 0.0500 e. The predicted molar refractivity (Wildman–Crippen MR) is 78.8 cm³/mol. The fraction of sp³-hybridized carbons (Fsp3) is 0.118. The van der Waals surface area contributed by atoms with Crippen molar-refractivity contribution in [2.45, 2.75) is 12.5 Å². The molecule has 1 atom stereocenters. The lowest BCUT2D eigenvalue weighted by molar-refractivity contribution is 0.711. The molecule has 1 unspecified atom stereocenters. The lowest BCUT2D eigenvalue weighted by Gasteiger charge is -2.13. The summed E-state index contributed by atoms with van der Waals surface area (Å²) in [6.07, 6.45) is 2.61. The zero-order valence-corrected chi connectivity index (χ0v) is 10.7. The average molecular weight is 248 g/mol. The Bertz CT molecular complexity index is 672. The Morgan fingerprint density at radius 3 is 2.47 bits per heavy atom. The summed E-state index contributed by atoms with van der Waals surface area (Å²) in [6, 6.07) is 20.5. The molecule has 2 N–H and O–H groups in total. The number of rotatable bonds is 3. The highest BCUT2D eigenvalue weighted by molar-refractivity contribution is 5.84. The molecular weight excluding hydrogens is 232 g/mol. The number of hydrogen-bond donors (Lipinski definition) is 1. The van der Waals surface area contributed by atoms with Gasteiger partial charge in [0.15, 0.2) is 0 Å². The van der Waals surface area contributed by atoms with Gasteiger partial charge in [-0.15, -0.1) is 0 Å². The van der Waals surface area contributed by atoms with Crippen molar-refractivity contribution >= 4 is 10.8 Å². The summed E-state index contributed by atoms with van der Waals surface area (Å²) in [7, 11) is 0. The molecule has 1 aromatic heterocycles. The number of aromatic nitrogens is 1. The smallest absolute Gasteiger partial charge is 0.0500 e. The minimum absolute atomic E-state index is 0.0143. The third kappa shape index (κ3) is 2.49. The van der Waals surface area contributed by atoms with E-state index in [1.165, 1.54) is 10.8 Å². The molecule has 0 aliphatic rings. The molecule has 0 radical (unpaired) electrons. The van der Waals surface area contributed by atoms with Crippen LogP contribution in [0, 0.1) is 0 Å². The largest absolute Gasteiger partial charge is 0.324 e. The molecule has 0 amide bonds. The summed E-state index contributed by atoms with van der Waals surface area (Å²) in [4.78, 5) is 4.49. The van der Waals surface area contributed by atoms with Crippen LogP contribution in [0.3, 0.4) is 0 Å². The number of benzene rings is 2. The Kier molecular flexibility index (Phi) is 3.25. The summed E-state index contributed by atoms with van der Waals surface area (Å²) in [6.45, 7) is 0. The molecule has 0 aliphatic carbocycles. The summed E-state index contributed by atoms with van der Waals surface area (Å²) in [5.41, 5.74) is 8.49. The van der Waals surface area contributed by atoms with Gasteiger partial charge < -0.3 is 5.73 Å². The fourth-order valence-corrected chi connectivity index (χ4v) is 2.37. The molecule has 19 heavy (non-hydrogen) atoms. The fourth-order valence-electron chi connectivity index (χ4n) is 2.37. The topological polar surface area (TPSA) is 38.9 Å². The Balaban J connectivity index is 1.94. The third-order valence-corrected chi connectivity index (χ3v) is 3.40. The molecule has 3 aromatic rings. The summed E-state index contributed by atoms with van der Waals surface area (Å²) in [5, 5.41) is 2.41. The van der Waals surface area contributed by atoms with Gasteiger partial charge in [0, 0.05) is 24.0 Å². The van der Waals surface area contributed by atoms with Crippen molar-refractivity contribution < 1.29 is 0 Å². The van der Waals surface area contributed by atoms with Gasteiger partial charge in [0.1, 0.15) is 0 Å². The van der Waals surface area contributed by atoms with Crippen molar-refractivity contribution in [2.24, 2.45) is 5.73 Å². The van der Waals surface area contributed by atoms with Gasteiger partial charge in [-0.3, -0.25) is 4.98 Å². The Hall–Kier alpha value is -2.19. The van der Waals surface area contributed by atoms with Gasteiger partial charge in [-0.1, -0.05) is 54.6 Å². The molecule has 0 saturated heterocycles. The first-order valence-corrected chi connectivity index (χ1v) is 6.48. The van der Waals surface area contributed by atoms with Crippen LogP contribution in [0.4, 0.5) is 0 Å². The molecular formula is C17H16N2. The number of hydrogen-bond acceptors (Lipinski definition) is 2. The summed E-state index contributed by atoms with van der Waals surface area (Å²) in [5.74, 6) is 0. The van der Waals surface area contributed by atoms with Gasteiger partial charge in [0.05, 0.1) is 5.69 Å². The highest BCUT2D eigenvalue weighted by atomic mass is 14.7. The molecule has 94 valence electrons. The van der Waals surface area contributed by atoms with E-state index in [2.05, 4.69) is 29.2 Å². The van der Waals surface area contributed by atoms with Crippen LogP contribution >= 0.6 is 0 Å². The number of pyridine rings is 1. The Labute approximate surface area is 112 Å². The van der Waals surface area contributed by atoms with E-state index < -0.39 is 0 Å². The second-order valence-electron chi connectivity index (χ2n) is 4.70. The van der Waals surface area contributed by atoms with E-state index in [4.69, 9.17) is 5.73 Å². The minimum atomic E-state index is -0.0143. The zero-order chi connectivity index (χ0) is 13.1. The Morgan fingerprint density at radius 2 is 1.63 bits per heavy atom. The van der Waals surface area contributed by atoms with Crippen molar-refractivity contribution in [2.75, 3.05) is 0 Å². The maximum atomic E-state index is 6.28. The molecule has 2 aromatic carbocycles. The third-order valence-electron chi connectivity index (χ3n) is 3.40. The van der Waals surface area contributed by atoms with Gasteiger partial charge in [0.25, 0.3) is 0 Å². The highest BCUT2D eigenvalue weighted by Crippen LogP contribution is 2.21. The van der Waals surface area contributed by atoms with Gasteiger partial charge in [-0.05, 0) is 17.0 Å². The van der Waals surface area contributed by atoms with Crippen molar-refractivity contribution in [1.82, 2.24) is 4.98 Å². The van der Waals surface area contributed by atoms with Crippen LogP contribution in [0.1, 0.15) is 17.3 Å². The number of nitrogens with two attached hydrogens (primary N) is 1.